The number of carbonyl (C=O) groups is 1. The van der Waals surface area contributed by atoms with Gasteiger partial charge in [0.05, 0.1) is 20.2 Å². The zero-order chi connectivity index (χ0) is 14.5. The highest BCUT2D eigenvalue weighted by atomic mass is 16.5. The maximum absolute atomic E-state index is 11.3. The minimum absolute atomic E-state index is 0.164. The molecule has 0 unspecified atom stereocenters. The molecule has 6 nitrogen and oxygen atoms in total. The maximum atomic E-state index is 11.3. The number of rotatable bonds is 6. The molecular formula is C13H23N3O3. The van der Waals surface area contributed by atoms with E-state index in [0.717, 1.165) is 13.0 Å². The molecule has 0 saturated heterocycles. The molecule has 0 aromatic carbocycles. The Morgan fingerprint density at radius 3 is 2.58 bits per heavy atom. The van der Waals surface area contributed by atoms with E-state index in [4.69, 9.17) is 4.52 Å². The van der Waals surface area contributed by atoms with E-state index in [2.05, 4.69) is 21.8 Å². The summed E-state index contributed by atoms with van der Waals surface area (Å²) in [6.07, 6.45) is 0.945. The van der Waals surface area contributed by atoms with Gasteiger partial charge in [0.15, 0.2) is 5.82 Å². The molecule has 0 N–H and O–H groups in total. The first kappa shape index (κ1) is 15.6. The Balaban J connectivity index is 2.68. The van der Waals surface area contributed by atoms with Gasteiger partial charge in [0.1, 0.15) is 0 Å². The molecule has 108 valence electrons. The first-order chi connectivity index (χ1) is 8.86. The van der Waals surface area contributed by atoms with Gasteiger partial charge in [-0.2, -0.15) is 4.98 Å². The summed E-state index contributed by atoms with van der Waals surface area (Å²) in [7, 11) is 1.39. The summed E-state index contributed by atoms with van der Waals surface area (Å²) in [6.45, 7) is 9.62. The molecule has 1 heterocycles. The fraction of sp³-hybridized carbons (Fsp3) is 0.769. The summed E-state index contributed by atoms with van der Waals surface area (Å²) in [5.74, 6) is 0.951. The highest BCUT2D eigenvalue weighted by Gasteiger charge is 2.22. The molecule has 19 heavy (non-hydrogen) atoms. The Hall–Kier alpha value is -1.43. The number of hydrogen-bond donors (Lipinski definition) is 0. The van der Waals surface area contributed by atoms with E-state index in [1.807, 2.05) is 25.7 Å². The molecule has 0 atom stereocenters. The molecule has 0 fully saturated rings. The van der Waals surface area contributed by atoms with Gasteiger partial charge in [-0.3, -0.25) is 9.69 Å². The van der Waals surface area contributed by atoms with Gasteiger partial charge in [-0.15, -0.1) is 0 Å². The van der Waals surface area contributed by atoms with Crippen molar-refractivity contribution in [1.29, 1.82) is 0 Å². The van der Waals surface area contributed by atoms with Gasteiger partial charge in [-0.05, 0) is 13.0 Å². The zero-order valence-corrected chi connectivity index (χ0v) is 12.4. The van der Waals surface area contributed by atoms with Crippen LogP contribution >= 0.6 is 0 Å². The smallest absolute Gasteiger partial charge is 0.319 e. The Morgan fingerprint density at radius 2 is 2.11 bits per heavy atom. The predicted octanol–water partition coefficient (Wildman–Crippen LogP) is 1.75. The lowest BCUT2D eigenvalue weighted by Gasteiger charge is -2.18. The Morgan fingerprint density at radius 1 is 1.42 bits per heavy atom. The summed E-state index contributed by atoms with van der Waals surface area (Å²) >= 11 is 0. The van der Waals surface area contributed by atoms with Crippen LogP contribution in [0.5, 0.6) is 0 Å². The summed E-state index contributed by atoms with van der Waals surface area (Å²) in [4.78, 5) is 17.6. The molecule has 1 aromatic rings. The average molecular weight is 269 g/mol. The van der Waals surface area contributed by atoms with Crippen molar-refractivity contribution in [2.75, 3.05) is 20.2 Å². The monoisotopic (exact) mass is 269 g/mol. The van der Waals surface area contributed by atoms with E-state index in [9.17, 15) is 4.79 Å². The first-order valence-electron chi connectivity index (χ1n) is 6.49. The molecular weight excluding hydrogens is 246 g/mol. The molecule has 1 rings (SSSR count). The van der Waals surface area contributed by atoms with Crippen LogP contribution in [-0.4, -0.2) is 41.2 Å². The van der Waals surface area contributed by atoms with Crippen LogP contribution in [0.2, 0.25) is 0 Å². The van der Waals surface area contributed by atoms with Gasteiger partial charge in [-0.25, -0.2) is 0 Å². The number of aromatic nitrogens is 2. The summed E-state index contributed by atoms with van der Waals surface area (Å²) in [5.41, 5.74) is -0.164. The van der Waals surface area contributed by atoms with Gasteiger partial charge < -0.3 is 9.26 Å². The second-order valence-corrected chi connectivity index (χ2v) is 5.55. The molecule has 6 heteroatoms. The second kappa shape index (κ2) is 6.65. The third-order valence-electron chi connectivity index (χ3n) is 2.59. The van der Waals surface area contributed by atoms with Crippen LogP contribution in [0.25, 0.3) is 0 Å². The molecule has 1 aromatic heterocycles. The molecule has 0 aliphatic carbocycles. The van der Waals surface area contributed by atoms with Crippen LogP contribution in [0.1, 0.15) is 45.8 Å². The second-order valence-electron chi connectivity index (χ2n) is 5.55. The summed E-state index contributed by atoms with van der Waals surface area (Å²) in [6, 6.07) is 0. The minimum Gasteiger partial charge on any atom is -0.468 e. The topological polar surface area (TPSA) is 68.5 Å². The Labute approximate surface area is 114 Å². The predicted molar refractivity (Wildman–Crippen MR) is 70.6 cm³/mol. The molecule has 0 aliphatic rings. The van der Waals surface area contributed by atoms with Crippen LogP contribution in [0.4, 0.5) is 0 Å². The molecule has 0 spiro atoms. The van der Waals surface area contributed by atoms with Crippen molar-refractivity contribution in [3.8, 4) is 0 Å². The number of esters is 1. The van der Waals surface area contributed by atoms with E-state index >= 15 is 0 Å². The average Bonchev–Trinajstić information content (AvgIpc) is 2.77. The largest absolute Gasteiger partial charge is 0.468 e. The number of hydrogen-bond acceptors (Lipinski definition) is 6. The lowest BCUT2D eigenvalue weighted by molar-refractivity contribution is -0.142. The lowest BCUT2D eigenvalue weighted by Crippen LogP contribution is -2.31. The first-order valence-corrected chi connectivity index (χ1v) is 6.49. The number of methoxy groups -OCH3 is 1. The number of carbonyl (C=O) groups excluding carboxylic acids is 1. The van der Waals surface area contributed by atoms with Gasteiger partial charge in [0.25, 0.3) is 0 Å². The van der Waals surface area contributed by atoms with Gasteiger partial charge in [-0.1, -0.05) is 32.9 Å². The van der Waals surface area contributed by atoms with Crippen molar-refractivity contribution in [3.63, 3.8) is 0 Å². The zero-order valence-electron chi connectivity index (χ0n) is 12.4. The van der Waals surface area contributed by atoms with E-state index < -0.39 is 0 Å². The summed E-state index contributed by atoms with van der Waals surface area (Å²) < 4.78 is 9.91. The molecule has 0 saturated carbocycles. The molecule has 0 aliphatic heterocycles. The standard InChI is InChI=1S/C13H23N3O3/c1-6-7-16(9-11(17)18-5)8-10-14-12(19-15-10)13(2,3)4/h6-9H2,1-5H3. The molecule has 0 amide bonds. The Bertz CT molecular complexity index is 410. The fourth-order valence-corrected chi connectivity index (χ4v) is 1.60. The van der Waals surface area contributed by atoms with Gasteiger partial charge in [0.2, 0.25) is 5.89 Å². The van der Waals surface area contributed by atoms with E-state index in [1.54, 1.807) is 0 Å². The quantitative estimate of drug-likeness (QED) is 0.733. The van der Waals surface area contributed by atoms with Gasteiger partial charge in [0, 0.05) is 5.41 Å². The maximum Gasteiger partial charge on any atom is 0.319 e. The summed E-state index contributed by atoms with van der Waals surface area (Å²) in [5, 5.41) is 3.96. The van der Waals surface area contributed by atoms with Crippen LogP contribution < -0.4 is 0 Å². The number of ether oxygens (including phenoxy) is 1. The van der Waals surface area contributed by atoms with Crippen LogP contribution in [0.3, 0.4) is 0 Å². The fourth-order valence-electron chi connectivity index (χ4n) is 1.60. The van der Waals surface area contributed by atoms with Crippen molar-refractivity contribution < 1.29 is 14.1 Å². The lowest BCUT2D eigenvalue weighted by atomic mass is 9.97. The highest BCUT2D eigenvalue weighted by Crippen LogP contribution is 2.19. The third-order valence-corrected chi connectivity index (χ3v) is 2.59. The van der Waals surface area contributed by atoms with Crippen LogP contribution in [-0.2, 0) is 21.5 Å². The Kier molecular flexibility index (Phi) is 5.47. The molecule has 0 bridgehead atoms. The van der Waals surface area contributed by atoms with E-state index in [-0.39, 0.29) is 17.9 Å². The van der Waals surface area contributed by atoms with Crippen LogP contribution in [0, 0.1) is 0 Å². The van der Waals surface area contributed by atoms with E-state index in [0.29, 0.717) is 18.3 Å². The minimum atomic E-state index is -0.256. The van der Waals surface area contributed by atoms with Gasteiger partial charge >= 0.3 is 5.97 Å². The van der Waals surface area contributed by atoms with Crippen molar-refractivity contribution in [2.45, 2.75) is 46.1 Å². The van der Waals surface area contributed by atoms with Crippen molar-refractivity contribution in [2.24, 2.45) is 0 Å². The van der Waals surface area contributed by atoms with Crippen molar-refractivity contribution in [3.05, 3.63) is 11.7 Å². The van der Waals surface area contributed by atoms with Crippen molar-refractivity contribution in [1.82, 2.24) is 15.0 Å². The highest BCUT2D eigenvalue weighted by molar-refractivity contribution is 5.71. The normalized spacial score (nSPS) is 11.9. The molecule has 0 radical (unpaired) electrons. The number of nitrogens with zero attached hydrogens (tertiary/aromatic N) is 3. The third kappa shape index (κ3) is 4.98. The van der Waals surface area contributed by atoms with E-state index in [1.165, 1.54) is 7.11 Å². The SMILES string of the molecule is CCCN(CC(=O)OC)Cc1noc(C(C)(C)C)n1. The van der Waals surface area contributed by atoms with Crippen molar-refractivity contribution >= 4 is 5.97 Å². The van der Waals surface area contributed by atoms with Crippen LogP contribution in [0.15, 0.2) is 4.52 Å².